The van der Waals surface area contributed by atoms with Crippen molar-refractivity contribution in [3.05, 3.63) is 40.6 Å². The van der Waals surface area contributed by atoms with Crippen molar-refractivity contribution in [2.24, 2.45) is 0 Å². The molecule has 0 amide bonds. The lowest BCUT2D eigenvalue weighted by atomic mass is 9.99. The zero-order chi connectivity index (χ0) is 10.3. The third-order valence-corrected chi connectivity index (χ3v) is 2.97. The highest BCUT2D eigenvalue weighted by atomic mass is 14.6. The molecule has 1 heteroatoms. The van der Waals surface area contributed by atoms with Crippen molar-refractivity contribution < 1.29 is 0 Å². The van der Waals surface area contributed by atoms with Gasteiger partial charge in [-0.25, -0.2) is 0 Å². The lowest BCUT2D eigenvalue weighted by Crippen LogP contribution is -1.91. The molecule has 1 aromatic heterocycles. The van der Waals surface area contributed by atoms with Gasteiger partial charge in [0, 0.05) is 11.6 Å². The number of benzene rings is 1. The van der Waals surface area contributed by atoms with Crippen molar-refractivity contribution in [3.8, 4) is 0 Å². The molecule has 0 saturated carbocycles. The van der Waals surface area contributed by atoms with E-state index in [2.05, 4.69) is 44.8 Å². The summed E-state index contributed by atoms with van der Waals surface area (Å²) in [6.45, 7) is 8.57. The SMILES string of the molecule is Cc1cnc2cc(C)c(C)c(C)c2c1. The highest BCUT2D eigenvalue weighted by Gasteiger charge is 2.04. The lowest BCUT2D eigenvalue weighted by Gasteiger charge is -2.09. The van der Waals surface area contributed by atoms with Crippen LogP contribution in [0.4, 0.5) is 0 Å². The molecule has 1 aromatic carbocycles. The zero-order valence-electron chi connectivity index (χ0n) is 9.18. The molecule has 2 aromatic rings. The van der Waals surface area contributed by atoms with Gasteiger partial charge in [0.2, 0.25) is 0 Å². The summed E-state index contributed by atoms with van der Waals surface area (Å²) in [4.78, 5) is 4.44. The van der Waals surface area contributed by atoms with Crippen LogP contribution in [-0.4, -0.2) is 4.98 Å². The Bertz CT molecular complexity index is 498. The van der Waals surface area contributed by atoms with Gasteiger partial charge in [-0.2, -0.15) is 0 Å². The molecule has 1 heterocycles. The van der Waals surface area contributed by atoms with Crippen LogP contribution in [0.1, 0.15) is 22.3 Å². The van der Waals surface area contributed by atoms with E-state index >= 15 is 0 Å². The first-order valence-electron chi connectivity index (χ1n) is 4.93. The van der Waals surface area contributed by atoms with Crippen LogP contribution in [0.25, 0.3) is 10.9 Å². The van der Waals surface area contributed by atoms with Crippen molar-refractivity contribution in [2.45, 2.75) is 27.7 Å². The topological polar surface area (TPSA) is 12.9 Å². The maximum absolute atomic E-state index is 4.44. The van der Waals surface area contributed by atoms with E-state index in [9.17, 15) is 0 Å². The Balaban J connectivity index is 2.92. The molecular weight excluding hydrogens is 170 g/mol. The minimum atomic E-state index is 1.11. The van der Waals surface area contributed by atoms with Gasteiger partial charge in [-0.15, -0.1) is 0 Å². The van der Waals surface area contributed by atoms with E-state index in [0.717, 1.165) is 5.52 Å². The van der Waals surface area contributed by atoms with Crippen molar-refractivity contribution in [2.75, 3.05) is 0 Å². The minimum absolute atomic E-state index is 1.11. The maximum Gasteiger partial charge on any atom is 0.0707 e. The molecule has 0 bridgehead atoms. The molecule has 0 saturated heterocycles. The van der Waals surface area contributed by atoms with Crippen molar-refractivity contribution in [1.82, 2.24) is 4.98 Å². The number of pyridine rings is 1. The van der Waals surface area contributed by atoms with Gasteiger partial charge in [0.15, 0.2) is 0 Å². The van der Waals surface area contributed by atoms with E-state index in [0.29, 0.717) is 0 Å². The third kappa shape index (κ3) is 1.29. The predicted molar refractivity (Wildman–Crippen MR) is 60.7 cm³/mol. The quantitative estimate of drug-likeness (QED) is 0.612. The number of aryl methyl sites for hydroxylation is 3. The van der Waals surface area contributed by atoms with Crippen LogP contribution >= 0.6 is 0 Å². The standard InChI is InChI=1S/C13H15N/c1-8-5-12-11(4)10(3)9(2)6-13(12)14-7-8/h5-7H,1-4H3. The highest BCUT2D eigenvalue weighted by Crippen LogP contribution is 2.23. The van der Waals surface area contributed by atoms with Gasteiger partial charge in [0.1, 0.15) is 0 Å². The first kappa shape index (κ1) is 9.20. The van der Waals surface area contributed by atoms with Crippen LogP contribution in [-0.2, 0) is 0 Å². The molecule has 0 N–H and O–H groups in total. The monoisotopic (exact) mass is 185 g/mol. The van der Waals surface area contributed by atoms with Gasteiger partial charge >= 0.3 is 0 Å². The lowest BCUT2D eigenvalue weighted by molar-refractivity contribution is 1.26. The largest absolute Gasteiger partial charge is 0.256 e. The summed E-state index contributed by atoms with van der Waals surface area (Å²) in [6, 6.07) is 4.38. The van der Waals surface area contributed by atoms with E-state index in [-0.39, 0.29) is 0 Å². The zero-order valence-corrected chi connectivity index (χ0v) is 9.18. The third-order valence-electron chi connectivity index (χ3n) is 2.97. The van der Waals surface area contributed by atoms with E-state index in [1.165, 1.54) is 27.6 Å². The molecule has 14 heavy (non-hydrogen) atoms. The fourth-order valence-electron chi connectivity index (χ4n) is 1.81. The van der Waals surface area contributed by atoms with Crippen LogP contribution in [0.3, 0.4) is 0 Å². The second-order valence-electron chi connectivity index (χ2n) is 4.02. The first-order valence-corrected chi connectivity index (χ1v) is 4.93. The summed E-state index contributed by atoms with van der Waals surface area (Å²) in [5.41, 5.74) is 6.40. The van der Waals surface area contributed by atoms with Gasteiger partial charge in [0.25, 0.3) is 0 Å². The number of fused-ring (bicyclic) bond motifs is 1. The predicted octanol–water partition coefficient (Wildman–Crippen LogP) is 3.47. The molecule has 2 rings (SSSR count). The van der Waals surface area contributed by atoms with Crippen LogP contribution in [0, 0.1) is 27.7 Å². The van der Waals surface area contributed by atoms with E-state index in [1.54, 1.807) is 0 Å². The number of hydrogen-bond donors (Lipinski definition) is 0. The van der Waals surface area contributed by atoms with Gasteiger partial charge in [-0.3, -0.25) is 4.98 Å². The Hall–Kier alpha value is -1.37. The summed E-state index contributed by atoms with van der Waals surface area (Å²) in [6.07, 6.45) is 1.93. The molecule has 0 aliphatic carbocycles. The van der Waals surface area contributed by atoms with E-state index in [1.807, 2.05) is 6.20 Å². The van der Waals surface area contributed by atoms with Crippen LogP contribution in [0.5, 0.6) is 0 Å². The molecule has 0 aliphatic rings. The second-order valence-corrected chi connectivity index (χ2v) is 4.02. The number of hydrogen-bond acceptors (Lipinski definition) is 1. The molecule has 1 nitrogen and oxygen atoms in total. The molecule has 0 fully saturated rings. The molecule has 0 aliphatic heterocycles. The normalized spacial score (nSPS) is 10.9. The highest BCUT2D eigenvalue weighted by molar-refractivity contribution is 5.84. The molecular formula is C13H15N. The summed E-state index contributed by atoms with van der Waals surface area (Å²) in [5, 5.41) is 1.29. The van der Waals surface area contributed by atoms with E-state index < -0.39 is 0 Å². The first-order chi connectivity index (χ1) is 6.59. The Morgan fingerprint density at radius 3 is 2.36 bits per heavy atom. The fourth-order valence-corrected chi connectivity index (χ4v) is 1.81. The Kier molecular flexibility index (Phi) is 2.03. The molecule has 0 unspecified atom stereocenters. The smallest absolute Gasteiger partial charge is 0.0707 e. The minimum Gasteiger partial charge on any atom is -0.256 e. The molecule has 0 radical (unpaired) electrons. The van der Waals surface area contributed by atoms with Crippen molar-refractivity contribution >= 4 is 10.9 Å². The van der Waals surface area contributed by atoms with Gasteiger partial charge in [0.05, 0.1) is 5.52 Å². The summed E-state index contributed by atoms with van der Waals surface area (Å²) < 4.78 is 0. The van der Waals surface area contributed by atoms with Crippen LogP contribution in [0.2, 0.25) is 0 Å². The van der Waals surface area contributed by atoms with Crippen molar-refractivity contribution in [3.63, 3.8) is 0 Å². The summed E-state index contributed by atoms with van der Waals surface area (Å²) >= 11 is 0. The van der Waals surface area contributed by atoms with Crippen molar-refractivity contribution in [1.29, 1.82) is 0 Å². The molecule has 0 spiro atoms. The Morgan fingerprint density at radius 1 is 0.929 bits per heavy atom. The maximum atomic E-state index is 4.44. The number of aromatic nitrogens is 1. The molecule has 72 valence electrons. The average molecular weight is 185 g/mol. The van der Waals surface area contributed by atoms with Crippen LogP contribution < -0.4 is 0 Å². The number of nitrogens with zero attached hydrogens (tertiary/aromatic N) is 1. The molecule has 0 atom stereocenters. The van der Waals surface area contributed by atoms with Gasteiger partial charge in [-0.1, -0.05) is 0 Å². The average Bonchev–Trinajstić information content (AvgIpc) is 2.16. The van der Waals surface area contributed by atoms with E-state index in [4.69, 9.17) is 0 Å². The second kappa shape index (κ2) is 3.09. The fraction of sp³-hybridized carbons (Fsp3) is 0.308. The van der Waals surface area contributed by atoms with Crippen LogP contribution in [0.15, 0.2) is 18.3 Å². The summed E-state index contributed by atoms with van der Waals surface area (Å²) in [5.74, 6) is 0. The Labute approximate surface area is 84.8 Å². The van der Waals surface area contributed by atoms with Gasteiger partial charge in [-0.05, 0) is 62.1 Å². The Morgan fingerprint density at radius 2 is 1.64 bits per heavy atom. The number of rotatable bonds is 0. The van der Waals surface area contributed by atoms with Gasteiger partial charge < -0.3 is 0 Å². The summed E-state index contributed by atoms with van der Waals surface area (Å²) in [7, 11) is 0.